The fraction of sp³-hybridized carbons (Fsp3) is 0.162. The highest BCUT2D eigenvalue weighted by Crippen LogP contribution is 2.48. The second-order valence-corrected chi connectivity index (χ2v) is 17.8. The minimum absolute atomic E-state index is 0.238. The lowest BCUT2D eigenvalue weighted by Crippen LogP contribution is -2.54. The van der Waals surface area contributed by atoms with Crippen molar-refractivity contribution in [2.75, 3.05) is 0 Å². The third kappa shape index (κ3) is 3.67. The number of thiazole rings is 1. The van der Waals surface area contributed by atoms with Gasteiger partial charge in [-0.2, -0.15) is 0 Å². The molecule has 0 amide bonds. The molecule has 0 aliphatic carbocycles. The summed E-state index contributed by atoms with van der Waals surface area (Å²) in [7, 11) is -2.79. The molecule has 42 heavy (non-hydrogen) atoms. The number of hydrogen-bond acceptors (Lipinski definition) is 3. The van der Waals surface area contributed by atoms with E-state index in [1.54, 1.807) is 42.5 Å². The number of rotatable bonds is 3. The molecule has 2 aromatic heterocycles. The quantitative estimate of drug-likeness (QED) is 0.187. The highest BCUT2D eigenvalue weighted by atomic mass is 32.2. The van der Waals surface area contributed by atoms with Crippen LogP contribution in [0, 0.1) is 6.85 Å². The van der Waals surface area contributed by atoms with Crippen molar-refractivity contribution in [2.45, 2.75) is 48.9 Å². The van der Waals surface area contributed by atoms with Gasteiger partial charge in [0.15, 0.2) is 4.96 Å². The Labute approximate surface area is 268 Å². The molecule has 7 aromatic rings. The lowest BCUT2D eigenvalue weighted by molar-refractivity contribution is 0.608. The number of benzene rings is 5. The van der Waals surface area contributed by atoms with Crippen molar-refractivity contribution in [1.82, 2.24) is 9.38 Å². The van der Waals surface area contributed by atoms with Crippen molar-refractivity contribution in [3.8, 4) is 11.1 Å². The molecule has 0 unspecified atom stereocenters. The summed E-state index contributed by atoms with van der Waals surface area (Å²) in [6.45, 7) is -3.86. The number of hydrogen-bond donors (Lipinski definition) is 0. The van der Waals surface area contributed by atoms with Crippen LogP contribution in [0.2, 0.25) is 13.1 Å². The Bertz CT molecular complexity index is 2510. The Balaban J connectivity index is 1.36. The minimum atomic E-state index is -2.88. The van der Waals surface area contributed by atoms with Crippen LogP contribution in [0.3, 0.4) is 0 Å². The Hall–Kier alpha value is -3.64. The maximum Gasteiger partial charge on any atom is 0.195 e. The Morgan fingerprint density at radius 1 is 0.786 bits per heavy atom. The molecule has 3 heterocycles. The van der Waals surface area contributed by atoms with Gasteiger partial charge in [-0.05, 0) is 58.6 Å². The molecule has 0 radical (unpaired) electrons. The number of aromatic nitrogens is 2. The van der Waals surface area contributed by atoms with Crippen molar-refractivity contribution in [3.05, 3.63) is 120 Å². The highest BCUT2D eigenvalue weighted by molar-refractivity contribution is 7.99. The standard InChI is InChI=1S/C37H32N2S2Si/c1-23-20-21-24(42(4,5)33-19-11-14-28-35(33)40-32-18-9-6-13-27(32)37(28,2)3)22-26(23)25-12-10-17-31-34(25)41-36-38-29-15-7-8-16-30(29)39(31)36/h6-22H,1-5H3/i1D3,2D3,3D3. The number of para-hydroxylation sites is 2. The number of nitrogens with zero attached hydrogens (tertiary/aromatic N) is 2. The molecule has 0 spiro atoms. The average molecular weight is 606 g/mol. The van der Waals surface area contributed by atoms with Gasteiger partial charge in [-0.25, -0.2) is 4.98 Å². The second kappa shape index (κ2) is 9.18. The fourth-order valence-electron chi connectivity index (χ4n) is 6.28. The van der Waals surface area contributed by atoms with Crippen molar-refractivity contribution >= 4 is 67.8 Å². The van der Waals surface area contributed by atoms with Crippen LogP contribution in [-0.4, -0.2) is 17.5 Å². The van der Waals surface area contributed by atoms with Gasteiger partial charge in [0.05, 0.1) is 21.3 Å². The zero-order valence-corrected chi connectivity index (χ0v) is 25.7. The number of aryl methyl sites for hydroxylation is 1. The molecule has 8 rings (SSSR count). The molecule has 0 atom stereocenters. The van der Waals surface area contributed by atoms with Gasteiger partial charge in [0.1, 0.15) is 8.07 Å². The predicted molar refractivity (Wildman–Crippen MR) is 184 cm³/mol. The summed E-state index contributed by atoms with van der Waals surface area (Å²) in [5.41, 5.74) is 2.79. The SMILES string of the molecule is [2H]C([2H])([2H])c1ccc([Si](C)(C)c2cccc3c2Sc2ccccc2C3(C([2H])([2H])[2H])C([2H])([2H])[2H])cc1-c1cccc2c1sc1nc3ccccc3n12. The van der Waals surface area contributed by atoms with Crippen LogP contribution in [0.5, 0.6) is 0 Å². The Morgan fingerprint density at radius 3 is 2.45 bits per heavy atom. The van der Waals surface area contributed by atoms with E-state index in [1.807, 2.05) is 60.7 Å². The lowest BCUT2D eigenvalue weighted by atomic mass is 9.78. The van der Waals surface area contributed by atoms with Crippen LogP contribution in [0.25, 0.3) is 37.3 Å². The molecule has 0 N–H and O–H groups in total. The second-order valence-electron chi connectivity index (χ2n) is 11.4. The predicted octanol–water partition coefficient (Wildman–Crippen LogP) is 9.29. The third-order valence-corrected chi connectivity index (χ3v) is 14.6. The van der Waals surface area contributed by atoms with Crippen molar-refractivity contribution < 1.29 is 12.3 Å². The van der Waals surface area contributed by atoms with Crippen molar-refractivity contribution in [2.24, 2.45) is 0 Å². The van der Waals surface area contributed by atoms with E-state index in [-0.39, 0.29) is 16.7 Å². The fourth-order valence-corrected chi connectivity index (χ4v) is 12.1. The van der Waals surface area contributed by atoms with Gasteiger partial charge in [-0.3, -0.25) is 4.40 Å². The summed E-state index contributed by atoms with van der Waals surface area (Å²) >= 11 is 2.94. The smallest absolute Gasteiger partial charge is 0.195 e. The first kappa shape index (κ1) is 18.1. The summed E-state index contributed by atoms with van der Waals surface area (Å²) < 4.78 is 81.1. The molecule has 0 fully saturated rings. The summed E-state index contributed by atoms with van der Waals surface area (Å²) in [5.74, 6) is 0. The van der Waals surface area contributed by atoms with Crippen LogP contribution >= 0.6 is 23.1 Å². The summed E-state index contributed by atoms with van der Waals surface area (Å²) in [6, 6.07) is 31.8. The lowest BCUT2D eigenvalue weighted by Gasteiger charge is -2.38. The topological polar surface area (TPSA) is 17.3 Å². The van der Waals surface area contributed by atoms with Gasteiger partial charge < -0.3 is 0 Å². The van der Waals surface area contributed by atoms with Crippen LogP contribution in [0.15, 0.2) is 113 Å². The summed E-state index contributed by atoms with van der Waals surface area (Å²) in [5, 5.41) is 1.83. The van der Waals surface area contributed by atoms with Gasteiger partial charge >= 0.3 is 0 Å². The van der Waals surface area contributed by atoms with E-state index < -0.39 is 34.0 Å². The van der Waals surface area contributed by atoms with Gasteiger partial charge in [0.2, 0.25) is 0 Å². The molecule has 1 aliphatic rings. The van der Waals surface area contributed by atoms with E-state index in [1.165, 1.54) is 23.1 Å². The van der Waals surface area contributed by atoms with Gasteiger partial charge in [-0.15, -0.1) is 0 Å². The number of fused-ring (bicyclic) bond motifs is 7. The first-order chi connectivity index (χ1) is 24.0. The van der Waals surface area contributed by atoms with Crippen LogP contribution in [0.1, 0.15) is 42.7 Å². The van der Waals surface area contributed by atoms with Crippen molar-refractivity contribution in [1.29, 1.82) is 0 Å². The van der Waals surface area contributed by atoms with Gasteiger partial charge in [0, 0.05) is 33.1 Å². The number of imidazole rings is 1. The first-order valence-corrected chi connectivity index (χ1v) is 18.4. The Kier molecular flexibility index (Phi) is 3.96. The maximum absolute atomic E-state index is 8.74. The molecule has 0 saturated heterocycles. The Morgan fingerprint density at radius 2 is 1.57 bits per heavy atom. The van der Waals surface area contributed by atoms with E-state index in [2.05, 4.69) is 17.5 Å². The van der Waals surface area contributed by atoms with Gasteiger partial charge in [0.25, 0.3) is 0 Å². The molecule has 1 aliphatic heterocycles. The van der Waals surface area contributed by atoms with E-state index >= 15 is 0 Å². The molecular weight excluding hydrogens is 565 g/mol. The molecule has 5 heteroatoms. The third-order valence-electron chi connectivity index (χ3n) is 8.59. The zero-order valence-electron chi connectivity index (χ0n) is 32.0. The van der Waals surface area contributed by atoms with Crippen molar-refractivity contribution in [3.63, 3.8) is 0 Å². The van der Waals surface area contributed by atoms with Crippen LogP contribution in [-0.2, 0) is 5.41 Å². The van der Waals surface area contributed by atoms with Crippen LogP contribution in [0.4, 0.5) is 0 Å². The maximum atomic E-state index is 8.74. The highest BCUT2D eigenvalue weighted by Gasteiger charge is 2.38. The van der Waals surface area contributed by atoms with E-state index in [0.717, 1.165) is 42.1 Å². The molecule has 0 bridgehead atoms. The molecular formula is C37H32N2S2Si. The first-order valence-electron chi connectivity index (χ1n) is 18.3. The molecule has 0 saturated carbocycles. The molecule has 206 valence electrons. The van der Waals surface area contributed by atoms with Gasteiger partial charge in [-0.1, -0.05) is 134 Å². The van der Waals surface area contributed by atoms with E-state index in [0.29, 0.717) is 15.4 Å². The molecule has 2 nitrogen and oxygen atoms in total. The van der Waals surface area contributed by atoms with E-state index in [9.17, 15) is 0 Å². The van der Waals surface area contributed by atoms with E-state index in [4.69, 9.17) is 17.3 Å². The van der Waals surface area contributed by atoms with Crippen LogP contribution < -0.4 is 10.4 Å². The normalized spacial score (nSPS) is 18.5. The average Bonchev–Trinajstić information content (AvgIpc) is 3.61. The molecule has 5 aromatic carbocycles. The zero-order chi connectivity index (χ0) is 36.3. The monoisotopic (exact) mass is 605 g/mol. The minimum Gasteiger partial charge on any atom is -0.283 e. The summed E-state index contributed by atoms with van der Waals surface area (Å²) in [6.07, 6.45) is 0. The largest absolute Gasteiger partial charge is 0.283 e. The summed E-state index contributed by atoms with van der Waals surface area (Å²) in [4.78, 5) is 6.93.